The van der Waals surface area contributed by atoms with E-state index in [1.165, 1.54) is 18.3 Å². The number of hydrogen-bond donors (Lipinski definition) is 3. The fraction of sp³-hybridized carbons (Fsp3) is 0.250. The number of rotatable bonds is 5. The minimum atomic E-state index is -0.568. The Morgan fingerprint density at radius 2 is 2.11 bits per heavy atom. The van der Waals surface area contributed by atoms with Gasteiger partial charge in [-0.2, -0.15) is 0 Å². The number of benzene rings is 1. The molecule has 1 unspecified atom stereocenters. The summed E-state index contributed by atoms with van der Waals surface area (Å²) in [5.41, 5.74) is 1.70. The van der Waals surface area contributed by atoms with Crippen molar-refractivity contribution in [2.45, 2.75) is 12.8 Å². The van der Waals surface area contributed by atoms with Crippen LogP contribution in [0.25, 0.3) is 22.4 Å². The zero-order valence-corrected chi connectivity index (χ0v) is 19.3. The van der Waals surface area contributed by atoms with Crippen molar-refractivity contribution in [1.29, 1.82) is 0 Å². The van der Waals surface area contributed by atoms with Crippen LogP contribution in [-0.2, 0) is 0 Å². The molecule has 0 bridgehead atoms. The van der Waals surface area contributed by atoms with Crippen molar-refractivity contribution in [3.8, 4) is 11.4 Å². The number of anilines is 2. The smallest absolute Gasteiger partial charge is 0.321 e. The summed E-state index contributed by atoms with van der Waals surface area (Å²) in [7, 11) is 0. The Morgan fingerprint density at radius 3 is 2.97 bits per heavy atom. The molecule has 1 saturated heterocycles. The van der Waals surface area contributed by atoms with Gasteiger partial charge in [0.1, 0.15) is 11.5 Å². The van der Waals surface area contributed by atoms with E-state index in [-0.39, 0.29) is 17.8 Å². The molecule has 11 heteroatoms. The van der Waals surface area contributed by atoms with Crippen molar-refractivity contribution < 1.29 is 13.6 Å². The molecule has 3 aromatic heterocycles. The lowest BCUT2D eigenvalue weighted by atomic mass is 9.98. The average Bonchev–Trinajstić information content (AvgIpc) is 3.27. The number of nitrogens with zero attached hydrogens (tertiary/aromatic N) is 4. The third-order valence-corrected chi connectivity index (χ3v) is 6.13. The average molecular weight is 498 g/mol. The molecule has 2 amide bonds. The number of aromatic nitrogens is 4. The van der Waals surface area contributed by atoms with Gasteiger partial charge in [-0.1, -0.05) is 17.7 Å². The third kappa shape index (κ3) is 5.17. The van der Waals surface area contributed by atoms with Gasteiger partial charge >= 0.3 is 6.03 Å². The van der Waals surface area contributed by atoms with Gasteiger partial charge in [0.25, 0.3) is 0 Å². The molecule has 4 aromatic rings. The summed E-state index contributed by atoms with van der Waals surface area (Å²) in [5, 5.41) is 7.01. The number of hydrogen-bond acceptors (Lipinski definition) is 5. The Labute approximate surface area is 204 Å². The van der Waals surface area contributed by atoms with Crippen LogP contribution in [0.1, 0.15) is 12.8 Å². The van der Waals surface area contributed by atoms with Crippen LogP contribution in [-0.4, -0.2) is 50.5 Å². The van der Waals surface area contributed by atoms with E-state index in [0.29, 0.717) is 47.4 Å². The Morgan fingerprint density at radius 1 is 1.23 bits per heavy atom. The summed E-state index contributed by atoms with van der Waals surface area (Å²) in [6, 6.07) is 7.23. The summed E-state index contributed by atoms with van der Waals surface area (Å²) in [5.74, 6) is -0.469. The summed E-state index contributed by atoms with van der Waals surface area (Å²) < 4.78 is 27.9. The first kappa shape index (κ1) is 23.0. The first-order chi connectivity index (χ1) is 17.0. The van der Waals surface area contributed by atoms with Crippen molar-refractivity contribution >= 4 is 40.2 Å². The van der Waals surface area contributed by atoms with Gasteiger partial charge in [-0.15, -0.1) is 0 Å². The molecule has 35 heavy (non-hydrogen) atoms. The largest absolute Gasteiger partial charge is 0.367 e. The quantitative estimate of drug-likeness (QED) is 0.347. The summed E-state index contributed by atoms with van der Waals surface area (Å²) in [6.07, 6.45) is 6.06. The summed E-state index contributed by atoms with van der Waals surface area (Å²) >= 11 is 6.07. The minimum Gasteiger partial charge on any atom is -0.367 e. The zero-order chi connectivity index (χ0) is 24.4. The molecule has 1 atom stereocenters. The summed E-state index contributed by atoms with van der Waals surface area (Å²) in [4.78, 5) is 30.1. The second-order valence-corrected chi connectivity index (χ2v) is 8.85. The lowest BCUT2D eigenvalue weighted by Gasteiger charge is -2.33. The standard InChI is InChI=1S/C24H22ClF2N7O/c25-15-7-18-19(11-30-21(18)29-10-15)22-31-12-20(27)23(33-22)28-9-14-3-2-6-34(13-14)24(35)32-17-5-1-4-16(26)8-17/h1,4-5,7-8,10-12,14H,2-3,6,9,13H2,(H,29,30)(H,32,35)(H,28,31,33). The van der Waals surface area contributed by atoms with E-state index in [1.54, 1.807) is 29.3 Å². The molecule has 5 rings (SSSR count). The maximum atomic E-state index is 14.5. The number of nitrogens with one attached hydrogen (secondary N) is 3. The van der Waals surface area contributed by atoms with E-state index in [0.717, 1.165) is 24.4 Å². The van der Waals surface area contributed by atoms with Crippen molar-refractivity contribution in [2.24, 2.45) is 5.92 Å². The van der Waals surface area contributed by atoms with Crippen LogP contribution in [0.15, 0.2) is 48.9 Å². The van der Waals surface area contributed by atoms with Crippen LogP contribution in [0.3, 0.4) is 0 Å². The van der Waals surface area contributed by atoms with Gasteiger partial charge in [0.2, 0.25) is 0 Å². The maximum Gasteiger partial charge on any atom is 0.321 e. The van der Waals surface area contributed by atoms with Gasteiger partial charge in [-0.05, 0) is 43.0 Å². The van der Waals surface area contributed by atoms with Crippen LogP contribution < -0.4 is 10.6 Å². The second kappa shape index (κ2) is 9.83. The molecule has 1 aliphatic rings. The number of urea groups is 1. The predicted molar refractivity (Wildman–Crippen MR) is 130 cm³/mol. The molecule has 4 heterocycles. The first-order valence-corrected chi connectivity index (χ1v) is 11.5. The highest BCUT2D eigenvalue weighted by molar-refractivity contribution is 6.31. The Bertz CT molecular complexity index is 1380. The Hall–Kier alpha value is -3.79. The molecule has 180 valence electrons. The Balaban J connectivity index is 1.25. The molecular formula is C24H22ClF2N7O. The lowest BCUT2D eigenvalue weighted by molar-refractivity contribution is 0.180. The van der Waals surface area contributed by atoms with E-state index in [2.05, 4.69) is 30.6 Å². The maximum absolute atomic E-state index is 14.5. The molecule has 0 aliphatic carbocycles. The SMILES string of the molecule is O=C(Nc1cccc(F)c1)N1CCCC(CNc2nc(-c3c[nH]c4ncc(Cl)cc34)ncc2F)C1. The van der Waals surface area contributed by atoms with E-state index >= 15 is 0 Å². The van der Waals surface area contributed by atoms with Gasteiger partial charge in [-0.3, -0.25) is 0 Å². The van der Waals surface area contributed by atoms with Gasteiger partial charge in [0, 0.05) is 48.7 Å². The van der Waals surface area contributed by atoms with Crippen molar-refractivity contribution in [3.63, 3.8) is 0 Å². The van der Waals surface area contributed by atoms with Crippen LogP contribution in [0.5, 0.6) is 0 Å². The lowest BCUT2D eigenvalue weighted by Crippen LogP contribution is -2.44. The molecule has 1 aromatic carbocycles. The monoisotopic (exact) mass is 497 g/mol. The Kier molecular flexibility index (Phi) is 6.45. The number of likely N-dealkylation sites (tertiary alicyclic amines) is 1. The van der Waals surface area contributed by atoms with Gasteiger partial charge < -0.3 is 20.5 Å². The zero-order valence-electron chi connectivity index (χ0n) is 18.6. The number of piperidine rings is 1. The number of H-pyrrole nitrogens is 1. The highest BCUT2D eigenvalue weighted by atomic mass is 35.5. The third-order valence-electron chi connectivity index (χ3n) is 5.92. The molecule has 0 radical (unpaired) electrons. The normalized spacial score (nSPS) is 15.9. The van der Waals surface area contributed by atoms with Gasteiger partial charge in [-0.25, -0.2) is 28.5 Å². The molecule has 1 aliphatic heterocycles. The molecular weight excluding hydrogens is 476 g/mol. The number of amides is 2. The van der Waals surface area contributed by atoms with E-state index in [9.17, 15) is 13.6 Å². The van der Waals surface area contributed by atoms with Crippen LogP contribution in [0, 0.1) is 17.6 Å². The van der Waals surface area contributed by atoms with E-state index < -0.39 is 11.6 Å². The molecule has 0 saturated carbocycles. The fourth-order valence-electron chi connectivity index (χ4n) is 4.21. The van der Waals surface area contributed by atoms with Gasteiger partial charge in [0.05, 0.1) is 11.2 Å². The number of pyridine rings is 1. The highest BCUT2D eigenvalue weighted by Gasteiger charge is 2.24. The van der Waals surface area contributed by atoms with Crippen LogP contribution >= 0.6 is 11.6 Å². The molecule has 0 spiro atoms. The number of carbonyl (C=O) groups is 1. The second-order valence-electron chi connectivity index (χ2n) is 8.42. The minimum absolute atomic E-state index is 0.0840. The molecule has 1 fully saturated rings. The van der Waals surface area contributed by atoms with Crippen molar-refractivity contribution in [1.82, 2.24) is 24.8 Å². The van der Waals surface area contributed by atoms with E-state index in [1.807, 2.05) is 0 Å². The van der Waals surface area contributed by atoms with Crippen molar-refractivity contribution in [3.05, 3.63) is 65.6 Å². The number of fused-ring (bicyclic) bond motifs is 1. The first-order valence-electron chi connectivity index (χ1n) is 11.2. The molecule has 8 nitrogen and oxygen atoms in total. The van der Waals surface area contributed by atoms with E-state index in [4.69, 9.17) is 11.6 Å². The number of carbonyl (C=O) groups excluding carboxylic acids is 1. The summed E-state index contributed by atoms with van der Waals surface area (Å²) in [6.45, 7) is 1.51. The van der Waals surface area contributed by atoms with Crippen molar-refractivity contribution in [2.75, 3.05) is 30.3 Å². The fourth-order valence-corrected chi connectivity index (χ4v) is 4.37. The molecule has 3 N–H and O–H groups in total. The topological polar surface area (TPSA) is 98.8 Å². The number of halogens is 3. The van der Waals surface area contributed by atoms with Gasteiger partial charge in [0.15, 0.2) is 17.5 Å². The highest BCUT2D eigenvalue weighted by Crippen LogP contribution is 2.28. The predicted octanol–water partition coefficient (Wildman–Crippen LogP) is 5.31. The van der Waals surface area contributed by atoms with Crippen LogP contribution in [0.2, 0.25) is 5.02 Å². The van der Waals surface area contributed by atoms with Crippen LogP contribution in [0.4, 0.5) is 25.1 Å². The number of aromatic amines is 1.